The number of benzene rings is 1. The fraction of sp³-hybridized carbons (Fsp3) is 0.438. The predicted octanol–water partition coefficient (Wildman–Crippen LogP) is 3.89. The van der Waals surface area contributed by atoms with Gasteiger partial charge in [-0.1, -0.05) is 31.2 Å². The molecule has 2 nitrogen and oxygen atoms in total. The van der Waals surface area contributed by atoms with Crippen molar-refractivity contribution in [2.24, 2.45) is 0 Å². The first-order valence-corrected chi connectivity index (χ1v) is 7.94. The highest BCUT2D eigenvalue weighted by Crippen LogP contribution is 2.39. The van der Waals surface area contributed by atoms with Crippen molar-refractivity contribution in [3.63, 3.8) is 0 Å². The van der Waals surface area contributed by atoms with Gasteiger partial charge in [0.1, 0.15) is 5.01 Å². The number of hydrogen-bond acceptors (Lipinski definition) is 3. The van der Waals surface area contributed by atoms with Crippen LogP contribution in [0.5, 0.6) is 0 Å². The maximum absolute atomic E-state index is 4.87. The first-order chi connectivity index (χ1) is 9.29. The molecule has 0 bridgehead atoms. The molecule has 1 N–H and O–H groups in total. The van der Waals surface area contributed by atoms with Crippen LogP contribution in [0.15, 0.2) is 29.6 Å². The highest BCUT2D eigenvalue weighted by atomic mass is 32.1. The third-order valence-corrected chi connectivity index (χ3v) is 4.90. The molecule has 1 aromatic heterocycles. The standard InChI is InChI=1S/C16H20N2S/c1-3-17-11(2)15-10-19-16(18-15)14-9-8-12-6-4-5-7-13(12)14/h4-7,10-11,14,17H,3,8-9H2,1-2H3. The largest absolute Gasteiger partial charge is 0.309 e. The molecule has 0 amide bonds. The second kappa shape index (κ2) is 5.43. The van der Waals surface area contributed by atoms with Gasteiger partial charge in [0.2, 0.25) is 0 Å². The average molecular weight is 272 g/mol. The summed E-state index contributed by atoms with van der Waals surface area (Å²) in [6.07, 6.45) is 2.40. The Morgan fingerprint density at radius 2 is 2.26 bits per heavy atom. The molecule has 2 aromatic rings. The first-order valence-electron chi connectivity index (χ1n) is 7.06. The third kappa shape index (κ3) is 2.45. The molecule has 3 heteroatoms. The van der Waals surface area contributed by atoms with Crippen LogP contribution in [-0.2, 0) is 6.42 Å². The van der Waals surface area contributed by atoms with Crippen molar-refractivity contribution in [2.45, 2.75) is 38.6 Å². The smallest absolute Gasteiger partial charge is 0.100 e. The molecule has 1 aliphatic rings. The Kier molecular flexibility index (Phi) is 3.67. The lowest BCUT2D eigenvalue weighted by Gasteiger charge is -2.10. The van der Waals surface area contributed by atoms with Crippen molar-refractivity contribution in [3.8, 4) is 0 Å². The summed E-state index contributed by atoms with van der Waals surface area (Å²) in [4.78, 5) is 4.87. The van der Waals surface area contributed by atoms with Gasteiger partial charge in [-0.2, -0.15) is 0 Å². The van der Waals surface area contributed by atoms with Crippen molar-refractivity contribution >= 4 is 11.3 Å². The van der Waals surface area contributed by atoms with Crippen molar-refractivity contribution in [3.05, 3.63) is 51.5 Å². The Morgan fingerprint density at radius 3 is 3.11 bits per heavy atom. The average Bonchev–Trinajstić information content (AvgIpc) is 3.05. The molecule has 2 unspecified atom stereocenters. The second-order valence-electron chi connectivity index (χ2n) is 5.18. The van der Waals surface area contributed by atoms with Crippen LogP contribution in [0.3, 0.4) is 0 Å². The fourth-order valence-electron chi connectivity index (χ4n) is 2.88. The van der Waals surface area contributed by atoms with E-state index in [4.69, 9.17) is 4.98 Å². The van der Waals surface area contributed by atoms with Crippen molar-refractivity contribution in [1.29, 1.82) is 0 Å². The van der Waals surface area contributed by atoms with Gasteiger partial charge in [-0.25, -0.2) is 4.98 Å². The van der Waals surface area contributed by atoms with E-state index in [2.05, 4.69) is 48.8 Å². The number of aryl methyl sites for hydroxylation is 1. The van der Waals surface area contributed by atoms with Gasteiger partial charge in [0.05, 0.1) is 5.69 Å². The minimum absolute atomic E-state index is 0.353. The van der Waals surface area contributed by atoms with Gasteiger partial charge in [-0.3, -0.25) is 0 Å². The van der Waals surface area contributed by atoms with Crippen LogP contribution < -0.4 is 5.32 Å². The normalized spacial score (nSPS) is 19.4. The lowest BCUT2D eigenvalue weighted by Crippen LogP contribution is -2.18. The summed E-state index contributed by atoms with van der Waals surface area (Å²) < 4.78 is 0. The van der Waals surface area contributed by atoms with Crippen molar-refractivity contribution in [1.82, 2.24) is 10.3 Å². The molecule has 0 spiro atoms. The molecule has 100 valence electrons. The Bertz CT molecular complexity index is 561. The van der Waals surface area contributed by atoms with Crippen LogP contribution >= 0.6 is 11.3 Å². The molecule has 0 saturated carbocycles. The minimum atomic E-state index is 0.353. The highest BCUT2D eigenvalue weighted by molar-refractivity contribution is 7.09. The van der Waals surface area contributed by atoms with Gasteiger partial charge in [0, 0.05) is 17.3 Å². The Hall–Kier alpha value is -1.19. The van der Waals surface area contributed by atoms with E-state index in [9.17, 15) is 0 Å². The van der Waals surface area contributed by atoms with E-state index < -0.39 is 0 Å². The van der Waals surface area contributed by atoms with Gasteiger partial charge in [-0.15, -0.1) is 11.3 Å². The second-order valence-corrected chi connectivity index (χ2v) is 6.07. The van der Waals surface area contributed by atoms with Gasteiger partial charge in [0.25, 0.3) is 0 Å². The maximum atomic E-state index is 4.87. The number of thiazole rings is 1. The predicted molar refractivity (Wildman–Crippen MR) is 80.8 cm³/mol. The topological polar surface area (TPSA) is 24.9 Å². The molecular weight excluding hydrogens is 252 g/mol. The molecule has 3 rings (SSSR count). The summed E-state index contributed by atoms with van der Waals surface area (Å²) in [5.41, 5.74) is 4.18. The molecule has 0 saturated heterocycles. The molecular formula is C16H20N2S. The molecule has 1 heterocycles. The van der Waals surface area contributed by atoms with E-state index in [0.717, 1.165) is 6.54 Å². The third-order valence-electron chi connectivity index (χ3n) is 3.92. The Balaban J connectivity index is 1.85. The van der Waals surface area contributed by atoms with E-state index >= 15 is 0 Å². The Labute approximate surface area is 118 Å². The molecule has 1 aliphatic carbocycles. The number of fused-ring (bicyclic) bond motifs is 1. The number of nitrogens with zero attached hydrogens (tertiary/aromatic N) is 1. The minimum Gasteiger partial charge on any atom is -0.309 e. The summed E-state index contributed by atoms with van der Waals surface area (Å²) in [5.74, 6) is 0.517. The van der Waals surface area contributed by atoms with Crippen molar-refractivity contribution < 1.29 is 0 Å². The zero-order valence-electron chi connectivity index (χ0n) is 11.5. The van der Waals surface area contributed by atoms with Gasteiger partial charge < -0.3 is 5.32 Å². The van der Waals surface area contributed by atoms with Gasteiger partial charge >= 0.3 is 0 Å². The van der Waals surface area contributed by atoms with E-state index in [1.54, 1.807) is 0 Å². The monoisotopic (exact) mass is 272 g/mol. The molecule has 0 aliphatic heterocycles. The summed E-state index contributed by atoms with van der Waals surface area (Å²) in [6, 6.07) is 9.16. The summed E-state index contributed by atoms with van der Waals surface area (Å²) >= 11 is 1.81. The SMILES string of the molecule is CCNC(C)c1csc(C2CCc3ccccc32)n1. The maximum Gasteiger partial charge on any atom is 0.100 e. The van der Waals surface area contributed by atoms with Crippen LogP contribution in [0.4, 0.5) is 0 Å². The van der Waals surface area contributed by atoms with Gasteiger partial charge in [-0.05, 0) is 37.4 Å². The van der Waals surface area contributed by atoms with Crippen LogP contribution in [-0.4, -0.2) is 11.5 Å². The van der Waals surface area contributed by atoms with E-state index in [-0.39, 0.29) is 0 Å². The van der Waals surface area contributed by atoms with Crippen LogP contribution in [0.1, 0.15) is 54.1 Å². The number of rotatable bonds is 4. The van der Waals surface area contributed by atoms with E-state index in [0.29, 0.717) is 12.0 Å². The number of hydrogen-bond donors (Lipinski definition) is 1. The summed E-state index contributed by atoms with van der Waals surface area (Å²) in [7, 11) is 0. The zero-order chi connectivity index (χ0) is 13.2. The Morgan fingerprint density at radius 1 is 1.42 bits per heavy atom. The lowest BCUT2D eigenvalue weighted by molar-refractivity contribution is 0.583. The number of nitrogens with one attached hydrogen (secondary N) is 1. The molecule has 0 fully saturated rings. The molecule has 0 radical (unpaired) electrons. The van der Waals surface area contributed by atoms with Crippen LogP contribution in [0.2, 0.25) is 0 Å². The summed E-state index contributed by atoms with van der Waals surface area (Å²) in [6.45, 7) is 5.31. The van der Waals surface area contributed by atoms with Crippen molar-refractivity contribution in [2.75, 3.05) is 6.54 Å². The number of aromatic nitrogens is 1. The molecule has 1 aromatic carbocycles. The quantitative estimate of drug-likeness (QED) is 0.913. The zero-order valence-corrected chi connectivity index (χ0v) is 12.3. The summed E-state index contributed by atoms with van der Waals surface area (Å²) in [5, 5.41) is 6.92. The van der Waals surface area contributed by atoms with E-state index in [1.807, 2.05) is 11.3 Å². The fourth-order valence-corrected chi connectivity index (χ4v) is 3.95. The molecule has 19 heavy (non-hydrogen) atoms. The highest BCUT2D eigenvalue weighted by Gasteiger charge is 2.26. The van der Waals surface area contributed by atoms with Crippen LogP contribution in [0.25, 0.3) is 0 Å². The lowest BCUT2D eigenvalue weighted by atomic mass is 10.0. The first kappa shape index (κ1) is 12.8. The molecule has 2 atom stereocenters. The van der Waals surface area contributed by atoms with E-state index in [1.165, 1.54) is 34.7 Å². The van der Waals surface area contributed by atoms with Gasteiger partial charge in [0.15, 0.2) is 0 Å². The van der Waals surface area contributed by atoms with Crippen LogP contribution in [0, 0.1) is 0 Å².